The Hall–Kier alpha value is -1.51. The SMILES string of the molecule is CCCCCCCCCCCC(=O)Oc1cc(C(C)(C)C)cc(C(C)(C)C)c1O. The number of rotatable bonds is 11. The molecule has 0 heterocycles. The number of benzene rings is 1. The Morgan fingerprint density at radius 1 is 0.828 bits per heavy atom. The van der Waals surface area contributed by atoms with E-state index in [4.69, 9.17) is 4.74 Å². The molecule has 0 saturated carbocycles. The Balaban J connectivity index is 2.60. The number of unbranched alkanes of at least 4 members (excludes halogenated alkanes) is 8. The van der Waals surface area contributed by atoms with Crippen molar-refractivity contribution in [2.75, 3.05) is 0 Å². The maximum atomic E-state index is 12.4. The van der Waals surface area contributed by atoms with Crippen molar-refractivity contribution in [3.05, 3.63) is 23.3 Å². The molecule has 0 atom stereocenters. The largest absolute Gasteiger partial charge is 0.504 e. The number of hydrogen-bond acceptors (Lipinski definition) is 3. The summed E-state index contributed by atoms with van der Waals surface area (Å²) in [5.41, 5.74) is 1.55. The fraction of sp³-hybridized carbons (Fsp3) is 0.731. The lowest BCUT2D eigenvalue weighted by atomic mass is 9.80. The standard InChI is InChI=1S/C26H44O3/c1-8-9-10-11-12-13-14-15-16-17-23(27)29-22-19-20(25(2,3)4)18-21(24(22)28)26(5,6)7/h18-19,28H,8-17H2,1-7H3. The molecule has 1 rings (SSSR count). The second-order valence-corrected chi connectivity index (χ2v) is 10.4. The lowest BCUT2D eigenvalue weighted by molar-refractivity contribution is -0.134. The number of hydrogen-bond donors (Lipinski definition) is 1. The normalized spacial score (nSPS) is 12.2. The summed E-state index contributed by atoms with van der Waals surface area (Å²) in [5, 5.41) is 10.7. The van der Waals surface area contributed by atoms with Crippen molar-refractivity contribution in [2.24, 2.45) is 0 Å². The third-order valence-corrected chi connectivity index (χ3v) is 5.46. The molecule has 0 fully saturated rings. The first-order valence-electron chi connectivity index (χ1n) is 11.6. The lowest BCUT2D eigenvalue weighted by Crippen LogP contribution is -2.18. The molecule has 3 nitrogen and oxygen atoms in total. The summed E-state index contributed by atoms with van der Waals surface area (Å²) < 4.78 is 5.60. The van der Waals surface area contributed by atoms with Crippen LogP contribution >= 0.6 is 0 Å². The molecule has 0 bridgehead atoms. The number of esters is 1. The Morgan fingerprint density at radius 3 is 1.83 bits per heavy atom. The van der Waals surface area contributed by atoms with E-state index in [0.29, 0.717) is 12.2 Å². The molecule has 166 valence electrons. The van der Waals surface area contributed by atoms with Gasteiger partial charge in [0.15, 0.2) is 11.5 Å². The molecule has 29 heavy (non-hydrogen) atoms. The molecule has 0 unspecified atom stereocenters. The Bertz CT molecular complexity index is 633. The van der Waals surface area contributed by atoms with Gasteiger partial charge in [0.2, 0.25) is 0 Å². The van der Waals surface area contributed by atoms with Crippen LogP contribution in [0.4, 0.5) is 0 Å². The van der Waals surface area contributed by atoms with Gasteiger partial charge in [-0.2, -0.15) is 0 Å². The third kappa shape index (κ3) is 9.23. The molecule has 0 aliphatic carbocycles. The molecule has 0 radical (unpaired) electrons. The van der Waals surface area contributed by atoms with Gasteiger partial charge >= 0.3 is 5.97 Å². The first-order valence-corrected chi connectivity index (χ1v) is 11.6. The smallest absolute Gasteiger partial charge is 0.311 e. The zero-order valence-corrected chi connectivity index (χ0v) is 20.0. The van der Waals surface area contributed by atoms with Crippen molar-refractivity contribution in [2.45, 2.75) is 124 Å². The summed E-state index contributed by atoms with van der Waals surface area (Å²) in [4.78, 5) is 12.4. The number of carbonyl (C=O) groups is 1. The van der Waals surface area contributed by atoms with Crippen molar-refractivity contribution < 1.29 is 14.6 Å². The van der Waals surface area contributed by atoms with E-state index >= 15 is 0 Å². The van der Waals surface area contributed by atoms with Gasteiger partial charge < -0.3 is 9.84 Å². The molecule has 0 aliphatic rings. The van der Waals surface area contributed by atoms with Gasteiger partial charge in [-0.05, 0) is 28.9 Å². The molecule has 1 aromatic rings. The van der Waals surface area contributed by atoms with Crippen molar-refractivity contribution in [1.29, 1.82) is 0 Å². The Labute approximate surface area is 179 Å². The van der Waals surface area contributed by atoms with Gasteiger partial charge in [-0.25, -0.2) is 0 Å². The van der Waals surface area contributed by atoms with E-state index in [1.807, 2.05) is 12.1 Å². The van der Waals surface area contributed by atoms with Crippen LogP contribution in [0.25, 0.3) is 0 Å². The van der Waals surface area contributed by atoms with Crippen molar-refractivity contribution in [3.63, 3.8) is 0 Å². The summed E-state index contributed by atoms with van der Waals surface area (Å²) in [6, 6.07) is 3.85. The van der Waals surface area contributed by atoms with Gasteiger partial charge in [0.1, 0.15) is 0 Å². The van der Waals surface area contributed by atoms with Gasteiger partial charge in [-0.1, -0.05) is 106 Å². The monoisotopic (exact) mass is 404 g/mol. The second kappa shape index (κ2) is 11.6. The van der Waals surface area contributed by atoms with Crippen LogP contribution in [0.5, 0.6) is 11.5 Å². The topological polar surface area (TPSA) is 46.5 Å². The van der Waals surface area contributed by atoms with E-state index < -0.39 is 0 Å². The van der Waals surface area contributed by atoms with Crippen LogP contribution < -0.4 is 4.74 Å². The fourth-order valence-corrected chi connectivity index (χ4v) is 3.44. The molecule has 1 N–H and O–H groups in total. The predicted molar refractivity (Wildman–Crippen MR) is 123 cm³/mol. The van der Waals surface area contributed by atoms with Crippen LogP contribution in [-0.4, -0.2) is 11.1 Å². The van der Waals surface area contributed by atoms with Crippen LogP contribution in [-0.2, 0) is 15.6 Å². The van der Waals surface area contributed by atoms with E-state index in [-0.39, 0.29) is 22.5 Å². The number of aromatic hydroxyl groups is 1. The highest BCUT2D eigenvalue weighted by atomic mass is 16.5. The molecular formula is C26H44O3. The van der Waals surface area contributed by atoms with Crippen LogP contribution in [0.3, 0.4) is 0 Å². The quantitative estimate of drug-likeness (QED) is 0.232. The van der Waals surface area contributed by atoms with Crippen LogP contribution in [0.15, 0.2) is 12.1 Å². The van der Waals surface area contributed by atoms with Gasteiger partial charge in [-0.15, -0.1) is 0 Å². The zero-order valence-electron chi connectivity index (χ0n) is 20.0. The molecular weight excluding hydrogens is 360 g/mol. The second-order valence-electron chi connectivity index (χ2n) is 10.4. The number of phenolic OH excluding ortho intramolecular Hbond substituents is 1. The number of phenols is 1. The van der Waals surface area contributed by atoms with E-state index in [0.717, 1.165) is 24.0 Å². The summed E-state index contributed by atoms with van der Waals surface area (Å²) in [6.07, 6.45) is 11.3. The molecule has 0 aromatic heterocycles. The first-order chi connectivity index (χ1) is 13.5. The van der Waals surface area contributed by atoms with Gasteiger partial charge in [0.25, 0.3) is 0 Å². The average molecular weight is 405 g/mol. The molecule has 3 heteroatoms. The van der Waals surface area contributed by atoms with Gasteiger partial charge in [-0.3, -0.25) is 4.79 Å². The Kier molecular flexibility index (Phi) is 10.2. The van der Waals surface area contributed by atoms with Gasteiger partial charge in [0.05, 0.1) is 0 Å². The highest BCUT2D eigenvalue weighted by molar-refractivity contribution is 5.73. The maximum Gasteiger partial charge on any atom is 0.311 e. The summed E-state index contributed by atoms with van der Waals surface area (Å²) in [6.45, 7) is 14.8. The van der Waals surface area contributed by atoms with Crippen LogP contribution in [0.2, 0.25) is 0 Å². The summed E-state index contributed by atoms with van der Waals surface area (Å²) in [5.74, 6) is 0.128. The fourth-order valence-electron chi connectivity index (χ4n) is 3.44. The van der Waals surface area contributed by atoms with E-state index in [9.17, 15) is 9.90 Å². The third-order valence-electron chi connectivity index (χ3n) is 5.46. The predicted octanol–water partition coefficient (Wildman–Crippen LogP) is 7.81. The molecule has 0 saturated heterocycles. The molecule has 1 aromatic carbocycles. The van der Waals surface area contributed by atoms with E-state index in [2.05, 4.69) is 48.5 Å². The van der Waals surface area contributed by atoms with Gasteiger partial charge in [0, 0.05) is 12.0 Å². The van der Waals surface area contributed by atoms with Crippen molar-refractivity contribution in [3.8, 4) is 11.5 Å². The van der Waals surface area contributed by atoms with Crippen LogP contribution in [0.1, 0.15) is 124 Å². The molecule has 0 amide bonds. The molecule has 0 spiro atoms. The molecule has 0 aliphatic heterocycles. The maximum absolute atomic E-state index is 12.4. The minimum atomic E-state index is -0.255. The summed E-state index contributed by atoms with van der Waals surface area (Å²) >= 11 is 0. The van der Waals surface area contributed by atoms with Crippen LogP contribution in [0, 0.1) is 0 Å². The zero-order chi connectivity index (χ0) is 22.1. The highest BCUT2D eigenvalue weighted by Crippen LogP contribution is 2.41. The first kappa shape index (κ1) is 25.5. The Morgan fingerprint density at radius 2 is 1.34 bits per heavy atom. The summed E-state index contributed by atoms with van der Waals surface area (Å²) in [7, 11) is 0. The average Bonchev–Trinajstić information content (AvgIpc) is 2.60. The number of carbonyl (C=O) groups excluding carboxylic acids is 1. The minimum absolute atomic E-state index is 0.0888. The highest BCUT2D eigenvalue weighted by Gasteiger charge is 2.26. The van der Waals surface area contributed by atoms with E-state index in [1.54, 1.807) is 0 Å². The van der Waals surface area contributed by atoms with Crippen molar-refractivity contribution >= 4 is 5.97 Å². The van der Waals surface area contributed by atoms with E-state index in [1.165, 1.54) is 44.9 Å². The number of ether oxygens (including phenoxy) is 1. The minimum Gasteiger partial charge on any atom is -0.504 e. The van der Waals surface area contributed by atoms with Crippen molar-refractivity contribution in [1.82, 2.24) is 0 Å². The lowest BCUT2D eigenvalue weighted by Gasteiger charge is -2.27.